The van der Waals surface area contributed by atoms with Gasteiger partial charge in [0.1, 0.15) is 17.7 Å². The summed E-state index contributed by atoms with van der Waals surface area (Å²) in [6, 6.07) is -1.58. The Balaban J connectivity index is 2.04. The smallest absolute Gasteiger partial charge is 0.410 e. The minimum atomic E-state index is -0.779. The topological polar surface area (TPSA) is 122 Å². The van der Waals surface area contributed by atoms with E-state index in [-0.39, 0.29) is 29.4 Å². The second-order valence-electron chi connectivity index (χ2n) is 11.3. The molecule has 2 atom stereocenters. The predicted octanol–water partition coefficient (Wildman–Crippen LogP) is 3.76. The van der Waals surface area contributed by atoms with Crippen molar-refractivity contribution in [2.24, 2.45) is 0 Å². The van der Waals surface area contributed by atoms with Crippen LogP contribution in [0.2, 0.25) is 0 Å². The zero-order chi connectivity index (χ0) is 28.1. The zero-order valence-corrected chi connectivity index (χ0v) is 23.6. The van der Waals surface area contributed by atoms with Crippen molar-refractivity contribution in [3.8, 4) is 0 Å². The lowest BCUT2D eigenvalue weighted by Gasteiger charge is -2.29. The lowest BCUT2D eigenvalue weighted by Crippen LogP contribution is -2.54. The Hall–Kier alpha value is -2.97. The quantitative estimate of drug-likeness (QED) is 0.355. The maximum atomic E-state index is 13.2. The van der Waals surface area contributed by atoms with Crippen LogP contribution in [0.4, 0.5) is 4.79 Å². The Labute approximate surface area is 220 Å². The van der Waals surface area contributed by atoms with Crippen molar-refractivity contribution in [1.82, 2.24) is 15.5 Å². The molecule has 2 rings (SSSR count). The summed E-state index contributed by atoms with van der Waals surface area (Å²) in [5.41, 5.74) is 1.31. The molecule has 0 aromatic carbocycles. The third-order valence-corrected chi connectivity index (χ3v) is 6.73. The van der Waals surface area contributed by atoms with Gasteiger partial charge in [0, 0.05) is 34.9 Å². The summed E-state index contributed by atoms with van der Waals surface area (Å²) >= 11 is 0. The summed E-state index contributed by atoms with van der Waals surface area (Å²) in [6.07, 6.45) is 2.59. The predicted molar refractivity (Wildman–Crippen MR) is 141 cm³/mol. The summed E-state index contributed by atoms with van der Waals surface area (Å²) in [6.45, 7) is 14.5. The number of carbonyl (C=O) groups excluding carboxylic acids is 5. The van der Waals surface area contributed by atoms with Gasteiger partial charge in [-0.2, -0.15) is 0 Å². The number of carbonyl (C=O) groups is 5. The van der Waals surface area contributed by atoms with E-state index in [2.05, 4.69) is 10.6 Å². The summed E-state index contributed by atoms with van der Waals surface area (Å²) in [5, 5.41) is 5.70. The van der Waals surface area contributed by atoms with Gasteiger partial charge in [0.15, 0.2) is 11.6 Å². The molecule has 0 radical (unpaired) electrons. The molecule has 1 aliphatic heterocycles. The lowest BCUT2D eigenvalue weighted by molar-refractivity contribution is -0.131. The maximum Gasteiger partial charge on any atom is 0.410 e. The number of likely N-dealkylation sites (tertiary alicyclic amines) is 1. The molecule has 1 fully saturated rings. The standard InChI is InChI=1S/C28H43N3O6/c1-16(2)29-25(34)21(13-10-9-12-20-19(5)23(32)17(3)18(4)24(20)33)30-26(35)22-14-11-15-31(22)27(36)37-28(6,7)8/h16,21-22H,9-15H2,1-8H3,(H,29,34)(H,30,35)/t21-,22?/m0/s1. The first-order valence-corrected chi connectivity index (χ1v) is 13.2. The van der Waals surface area contributed by atoms with Gasteiger partial charge in [-0.25, -0.2) is 4.79 Å². The molecule has 2 aliphatic rings. The molecule has 2 N–H and O–H groups in total. The number of rotatable bonds is 9. The molecular formula is C28H43N3O6. The molecule has 0 bridgehead atoms. The maximum absolute atomic E-state index is 13.2. The number of hydrogen-bond donors (Lipinski definition) is 2. The SMILES string of the molecule is CC1=C(C)C(=O)C(CCCC[C@H](NC(=O)C2CCCN2C(=O)OC(C)(C)C)C(=O)NC(C)C)=C(C)C1=O. The largest absolute Gasteiger partial charge is 0.444 e. The van der Waals surface area contributed by atoms with Crippen LogP contribution in [0.25, 0.3) is 0 Å². The fourth-order valence-corrected chi connectivity index (χ4v) is 4.61. The van der Waals surface area contributed by atoms with Crippen molar-refractivity contribution in [3.05, 3.63) is 22.3 Å². The summed E-state index contributed by atoms with van der Waals surface area (Å²) in [4.78, 5) is 65.2. The van der Waals surface area contributed by atoms with Gasteiger partial charge in [-0.15, -0.1) is 0 Å². The van der Waals surface area contributed by atoms with Gasteiger partial charge in [0.2, 0.25) is 11.8 Å². The van der Waals surface area contributed by atoms with Crippen LogP contribution in [0.15, 0.2) is 22.3 Å². The monoisotopic (exact) mass is 517 g/mol. The fourth-order valence-electron chi connectivity index (χ4n) is 4.61. The Kier molecular flexibility index (Phi) is 10.2. The molecular weight excluding hydrogens is 474 g/mol. The normalized spacial score (nSPS) is 19.5. The van der Waals surface area contributed by atoms with E-state index in [1.54, 1.807) is 41.5 Å². The third-order valence-electron chi connectivity index (χ3n) is 6.73. The molecule has 0 aromatic rings. The molecule has 1 aliphatic carbocycles. The molecule has 0 saturated carbocycles. The zero-order valence-electron chi connectivity index (χ0n) is 23.6. The highest BCUT2D eigenvalue weighted by Gasteiger charge is 2.38. The van der Waals surface area contributed by atoms with E-state index in [9.17, 15) is 24.0 Å². The molecule has 1 unspecified atom stereocenters. The van der Waals surface area contributed by atoms with Crippen molar-refractivity contribution < 1.29 is 28.7 Å². The number of unbranched alkanes of at least 4 members (excludes halogenated alkanes) is 1. The van der Waals surface area contributed by atoms with Crippen LogP contribution in [-0.4, -0.2) is 64.6 Å². The summed E-state index contributed by atoms with van der Waals surface area (Å²) in [7, 11) is 0. The van der Waals surface area contributed by atoms with Gasteiger partial charge in [-0.3, -0.25) is 24.1 Å². The van der Waals surface area contributed by atoms with Crippen molar-refractivity contribution in [1.29, 1.82) is 0 Å². The lowest BCUT2D eigenvalue weighted by atomic mass is 9.84. The second kappa shape index (κ2) is 12.5. The first-order chi connectivity index (χ1) is 17.1. The van der Waals surface area contributed by atoms with E-state index in [1.807, 2.05) is 13.8 Å². The van der Waals surface area contributed by atoms with Crippen molar-refractivity contribution in [2.45, 2.75) is 118 Å². The van der Waals surface area contributed by atoms with Crippen LogP contribution in [0.3, 0.4) is 0 Å². The Morgan fingerprint density at radius 1 is 0.973 bits per heavy atom. The Bertz CT molecular complexity index is 1000. The first-order valence-electron chi connectivity index (χ1n) is 13.2. The van der Waals surface area contributed by atoms with E-state index in [0.717, 1.165) is 0 Å². The minimum Gasteiger partial charge on any atom is -0.444 e. The first kappa shape index (κ1) is 30.3. The molecule has 1 saturated heterocycles. The van der Waals surface area contributed by atoms with Crippen molar-refractivity contribution >= 4 is 29.5 Å². The van der Waals surface area contributed by atoms with Crippen LogP contribution in [0.5, 0.6) is 0 Å². The molecule has 9 nitrogen and oxygen atoms in total. The number of allylic oxidation sites excluding steroid dienone is 4. The molecule has 3 amide bonds. The highest BCUT2D eigenvalue weighted by Crippen LogP contribution is 2.28. The number of ether oxygens (including phenoxy) is 1. The van der Waals surface area contributed by atoms with E-state index in [4.69, 9.17) is 4.74 Å². The van der Waals surface area contributed by atoms with Crippen LogP contribution in [-0.2, 0) is 23.9 Å². The van der Waals surface area contributed by atoms with Crippen LogP contribution >= 0.6 is 0 Å². The van der Waals surface area contributed by atoms with Crippen LogP contribution in [0, 0.1) is 0 Å². The fraction of sp³-hybridized carbons (Fsp3) is 0.679. The average Bonchev–Trinajstić information content (AvgIpc) is 3.29. The number of amides is 3. The molecule has 206 valence electrons. The number of nitrogens with zero attached hydrogens (tertiary/aromatic N) is 1. The van der Waals surface area contributed by atoms with E-state index >= 15 is 0 Å². The van der Waals surface area contributed by atoms with Gasteiger partial charge in [0.05, 0.1) is 0 Å². The average molecular weight is 518 g/mol. The third kappa shape index (κ3) is 8.01. The number of ketones is 2. The highest BCUT2D eigenvalue weighted by atomic mass is 16.6. The number of hydrogen-bond acceptors (Lipinski definition) is 6. The Morgan fingerprint density at radius 3 is 2.19 bits per heavy atom. The van der Waals surface area contributed by atoms with Gasteiger partial charge in [-0.05, 0) is 87.5 Å². The molecule has 0 spiro atoms. The van der Waals surface area contributed by atoms with Crippen molar-refractivity contribution in [2.75, 3.05) is 6.54 Å². The van der Waals surface area contributed by atoms with E-state index in [0.29, 0.717) is 67.4 Å². The summed E-state index contributed by atoms with van der Waals surface area (Å²) < 4.78 is 5.45. The van der Waals surface area contributed by atoms with Gasteiger partial charge in [-0.1, -0.05) is 6.42 Å². The second-order valence-corrected chi connectivity index (χ2v) is 11.3. The van der Waals surface area contributed by atoms with Gasteiger partial charge < -0.3 is 15.4 Å². The highest BCUT2D eigenvalue weighted by molar-refractivity contribution is 6.24. The van der Waals surface area contributed by atoms with Gasteiger partial charge in [0.25, 0.3) is 0 Å². The van der Waals surface area contributed by atoms with Crippen molar-refractivity contribution in [3.63, 3.8) is 0 Å². The van der Waals surface area contributed by atoms with E-state index in [1.165, 1.54) is 4.90 Å². The van der Waals surface area contributed by atoms with E-state index < -0.39 is 23.8 Å². The van der Waals surface area contributed by atoms with Crippen LogP contribution in [0.1, 0.15) is 93.9 Å². The summed E-state index contributed by atoms with van der Waals surface area (Å²) in [5.74, 6) is -0.867. The molecule has 37 heavy (non-hydrogen) atoms. The molecule has 1 heterocycles. The van der Waals surface area contributed by atoms with Gasteiger partial charge >= 0.3 is 6.09 Å². The molecule has 9 heteroatoms. The van der Waals surface area contributed by atoms with Crippen LogP contribution < -0.4 is 10.6 Å². The number of Topliss-reactive ketones (excluding diaryl/α,β-unsaturated/α-hetero) is 2. The number of nitrogens with one attached hydrogen (secondary N) is 2. The Morgan fingerprint density at radius 2 is 1.59 bits per heavy atom. The molecule has 0 aromatic heterocycles. The minimum absolute atomic E-state index is 0.0968.